The van der Waals surface area contributed by atoms with Crippen molar-refractivity contribution in [3.05, 3.63) is 66.0 Å². The topological polar surface area (TPSA) is 74.3 Å². The summed E-state index contributed by atoms with van der Waals surface area (Å²) in [5, 5.41) is 6.36. The van der Waals surface area contributed by atoms with Gasteiger partial charge < -0.3 is 10.6 Å². The number of nitrogens with zero attached hydrogens (tertiary/aromatic N) is 2. The maximum atomic E-state index is 13.5. The number of piperidine rings is 1. The quantitative estimate of drug-likeness (QED) is 0.754. The molecule has 2 saturated heterocycles. The first-order valence-corrected chi connectivity index (χ1v) is 11.4. The van der Waals surface area contributed by atoms with Crippen molar-refractivity contribution in [3.8, 4) is 0 Å². The van der Waals surface area contributed by atoms with E-state index in [1.54, 1.807) is 12.4 Å². The summed E-state index contributed by atoms with van der Waals surface area (Å²) < 4.78 is 0. The summed E-state index contributed by atoms with van der Waals surface area (Å²) in [6.45, 7) is 2.87. The molecule has 4 rings (SSSR count). The molecule has 2 aliphatic heterocycles. The lowest BCUT2D eigenvalue weighted by atomic mass is 9.85. The molecule has 2 fully saturated rings. The van der Waals surface area contributed by atoms with Crippen molar-refractivity contribution >= 4 is 11.8 Å². The van der Waals surface area contributed by atoms with Gasteiger partial charge in [-0.3, -0.25) is 19.5 Å². The van der Waals surface area contributed by atoms with E-state index in [2.05, 4.69) is 44.8 Å². The SMILES string of the molecule is O=C1CCCCC(Cc2cccnc2)(C(=O)NC2CCN(Cc3ccccc3)CC2)N1. The van der Waals surface area contributed by atoms with Crippen molar-refractivity contribution in [1.82, 2.24) is 20.5 Å². The molecule has 2 N–H and O–H groups in total. The Bertz CT molecular complexity index is 866. The van der Waals surface area contributed by atoms with Crippen LogP contribution < -0.4 is 10.6 Å². The predicted molar refractivity (Wildman–Crippen MR) is 120 cm³/mol. The van der Waals surface area contributed by atoms with Crippen molar-refractivity contribution in [3.63, 3.8) is 0 Å². The molecular formula is C25H32N4O2. The molecule has 31 heavy (non-hydrogen) atoms. The van der Waals surface area contributed by atoms with Crippen LogP contribution in [0.3, 0.4) is 0 Å². The minimum absolute atomic E-state index is 0.0331. The number of pyridine rings is 1. The fraction of sp³-hybridized carbons (Fsp3) is 0.480. The fourth-order valence-electron chi connectivity index (χ4n) is 4.74. The van der Waals surface area contributed by atoms with Crippen LogP contribution in [0.15, 0.2) is 54.9 Å². The molecule has 1 unspecified atom stereocenters. The maximum Gasteiger partial charge on any atom is 0.246 e. The third-order valence-corrected chi connectivity index (χ3v) is 6.47. The second kappa shape index (κ2) is 10.1. The highest BCUT2D eigenvalue weighted by atomic mass is 16.2. The second-order valence-corrected chi connectivity index (χ2v) is 8.88. The first-order chi connectivity index (χ1) is 15.1. The molecule has 2 aliphatic rings. The van der Waals surface area contributed by atoms with Crippen LogP contribution in [0.4, 0.5) is 0 Å². The van der Waals surface area contributed by atoms with Crippen LogP contribution in [0, 0.1) is 0 Å². The van der Waals surface area contributed by atoms with E-state index in [1.165, 1.54) is 5.56 Å². The van der Waals surface area contributed by atoms with Gasteiger partial charge in [0.05, 0.1) is 0 Å². The molecule has 2 amide bonds. The normalized spacial score (nSPS) is 23.0. The fourth-order valence-corrected chi connectivity index (χ4v) is 4.74. The van der Waals surface area contributed by atoms with Crippen LogP contribution in [0.5, 0.6) is 0 Å². The van der Waals surface area contributed by atoms with Gasteiger partial charge in [-0.15, -0.1) is 0 Å². The predicted octanol–water partition coefficient (Wildman–Crippen LogP) is 2.83. The zero-order valence-corrected chi connectivity index (χ0v) is 18.1. The highest BCUT2D eigenvalue weighted by Gasteiger charge is 2.41. The van der Waals surface area contributed by atoms with Crippen LogP contribution >= 0.6 is 0 Å². The van der Waals surface area contributed by atoms with Gasteiger partial charge in [-0.1, -0.05) is 42.8 Å². The summed E-state index contributed by atoms with van der Waals surface area (Å²) in [6.07, 6.45) is 8.68. The lowest BCUT2D eigenvalue weighted by molar-refractivity contribution is -0.134. The molecule has 164 valence electrons. The molecule has 6 heteroatoms. The Hall–Kier alpha value is -2.73. The van der Waals surface area contributed by atoms with Gasteiger partial charge in [0, 0.05) is 50.9 Å². The lowest BCUT2D eigenvalue weighted by Crippen LogP contribution is -2.61. The number of likely N-dealkylation sites (tertiary alicyclic amines) is 1. The standard InChI is InChI=1S/C25H32N4O2/c30-23-10-4-5-13-25(28-23,17-21-9-6-14-26-18-21)24(31)27-22-11-15-29(16-12-22)19-20-7-2-1-3-8-20/h1-3,6-9,14,18,22H,4-5,10-13,15-17,19H2,(H,27,31)(H,28,30). The molecule has 0 bridgehead atoms. The Morgan fingerprint density at radius 2 is 1.87 bits per heavy atom. The smallest absolute Gasteiger partial charge is 0.246 e. The van der Waals surface area contributed by atoms with E-state index in [9.17, 15) is 9.59 Å². The third kappa shape index (κ3) is 5.70. The molecular weight excluding hydrogens is 388 g/mol. The molecule has 0 saturated carbocycles. The first kappa shape index (κ1) is 21.5. The molecule has 1 aromatic heterocycles. The highest BCUT2D eigenvalue weighted by Crippen LogP contribution is 2.25. The van der Waals surface area contributed by atoms with Gasteiger partial charge in [0.15, 0.2) is 0 Å². The van der Waals surface area contributed by atoms with Gasteiger partial charge >= 0.3 is 0 Å². The number of carbonyl (C=O) groups is 2. The maximum absolute atomic E-state index is 13.5. The van der Waals surface area contributed by atoms with Gasteiger partial charge in [0.1, 0.15) is 5.54 Å². The van der Waals surface area contributed by atoms with E-state index >= 15 is 0 Å². The van der Waals surface area contributed by atoms with Crippen molar-refractivity contribution in [2.75, 3.05) is 13.1 Å². The molecule has 6 nitrogen and oxygen atoms in total. The van der Waals surface area contributed by atoms with E-state index < -0.39 is 5.54 Å². The van der Waals surface area contributed by atoms with Crippen LogP contribution in [-0.4, -0.2) is 46.4 Å². The zero-order valence-electron chi connectivity index (χ0n) is 18.1. The molecule has 0 radical (unpaired) electrons. The van der Waals surface area contributed by atoms with Gasteiger partial charge in [-0.2, -0.15) is 0 Å². The van der Waals surface area contributed by atoms with Gasteiger partial charge in [-0.25, -0.2) is 0 Å². The lowest BCUT2D eigenvalue weighted by Gasteiger charge is -2.37. The van der Waals surface area contributed by atoms with Gasteiger partial charge in [-0.05, 0) is 42.9 Å². The number of hydrogen-bond acceptors (Lipinski definition) is 4. The monoisotopic (exact) mass is 420 g/mol. The Morgan fingerprint density at radius 3 is 2.61 bits per heavy atom. The molecule has 0 aliphatic carbocycles. The van der Waals surface area contributed by atoms with Crippen molar-refractivity contribution < 1.29 is 9.59 Å². The number of rotatable bonds is 6. The Labute approximate surface area is 184 Å². The minimum Gasteiger partial charge on any atom is -0.351 e. The van der Waals surface area contributed by atoms with Crippen molar-refractivity contribution in [1.29, 1.82) is 0 Å². The number of carbonyl (C=O) groups excluding carboxylic acids is 2. The van der Waals surface area contributed by atoms with E-state index in [4.69, 9.17) is 0 Å². The summed E-state index contributed by atoms with van der Waals surface area (Å²) in [5.41, 5.74) is 1.40. The van der Waals surface area contributed by atoms with Crippen LogP contribution in [0.1, 0.15) is 49.7 Å². The van der Waals surface area contributed by atoms with Gasteiger partial charge in [0.2, 0.25) is 11.8 Å². The van der Waals surface area contributed by atoms with Crippen LogP contribution in [0.25, 0.3) is 0 Å². The average Bonchev–Trinajstić information content (AvgIpc) is 2.98. The van der Waals surface area contributed by atoms with Crippen molar-refractivity contribution in [2.24, 2.45) is 0 Å². The third-order valence-electron chi connectivity index (χ3n) is 6.47. The van der Waals surface area contributed by atoms with Crippen molar-refractivity contribution in [2.45, 2.75) is 63.1 Å². The second-order valence-electron chi connectivity index (χ2n) is 8.88. The summed E-state index contributed by atoms with van der Waals surface area (Å²) in [6, 6.07) is 14.5. The molecule has 1 aromatic carbocycles. The number of aromatic nitrogens is 1. The van der Waals surface area contributed by atoms with E-state index in [-0.39, 0.29) is 17.9 Å². The Kier molecular flexibility index (Phi) is 6.97. The van der Waals surface area contributed by atoms with Crippen LogP contribution in [0.2, 0.25) is 0 Å². The molecule has 1 atom stereocenters. The summed E-state index contributed by atoms with van der Waals surface area (Å²) >= 11 is 0. The minimum atomic E-state index is -0.891. The highest BCUT2D eigenvalue weighted by molar-refractivity contribution is 5.92. The number of hydrogen-bond donors (Lipinski definition) is 2. The van der Waals surface area contributed by atoms with E-state index in [0.717, 1.165) is 50.9 Å². The van der Waals surface area contributed by atoms with Gasteiger partial charge in [0.25, 0.3) is 0 Å². The number of nitrogens with one attached hydrogen (secondary N) is 2. The molecule has 3 heterocycles. The number of amides is 2. The summed E-state index contributed by atoms with van der Waals surface area (Å²) in [5.74, 6) is -0.0812. The Balaban J connectivity index is 1.39. The van der Waals surface area contributed by atoms with Crippen LogP contribution in [-0.2, 0) is 22.6 Å². The molecule has 0 spiro atoms. The zero-order chi connectivity index (χ0) is 21.5. The average molecular weight is 421 g/mol. The summed E-state index contributed by atoms with van der Waals surface area (Å²) in [4.78, 5) is 32.5. The van der Waals surface area contributed by atoms with E-state index in [0.29, 0.717) is 19.3 Å². The summed E-state index contributed by atoms with van der Waals surface area (Å²) in [7, 11) is 0. The number of benzene rings is 1. The molecule has 2 aromatic rings. The van der Waals surface area contributed by atoms with E-state index in [1.807, 2.05) is 18.2 Å². The largest absolute Gasteiger partial charge is 0.351 e. The Morgan fingerprint density at radius 1 is 1.10 bits per heavy atom. The first-order valence-electron chi connectivity index (χ1n) is 11.4.